The zero-order valence-corrected chi connectivity index (χ0v) is 12.8. The molecule has 0 aliphatic carbocycles. The van der Waals surface area contributed by atoms with E-state index in [0.717, 1.165) is 12.1 Å². The van der Waals surface area contributed by atoms with Gasteiger partial charge in [-0.15, -0.1) is 0 Å². The van der Waals surface area contributed by atoms with E-state index in [1.165, 1.54) is 0 Å². The van der Waals surface area contributed by atoms with Crippen molar-refractivity contribution in [2.45, 2.75) is 26.3 Å². The van der Waals surface area contributed by atoms with Crippen LogP contribution in [0.25, 0.3) is 11.4 Å². The molecule has 2 aromatic rings. The van der Waals surface area contributed by atoms with E-state index in [4.69, 9.17) is 20.9 Å². The van der Waals surface area contributed by atoms with Gasteiger partial charge in [0.1, 0.15) is 5.75 Å². The Balaban J connectivity index is 2.38. The van der Waals surface area contributed by atoms with E-state index in [1.54, 1.807) is 19.2 Å². The molecule has 6 heteroatoms. The van der Waals surface area contributed by atoms with Crippen molar-refractivity contribution < 1.29 is 9.26 Å². The molecule has 1 heterocycles. The Hall–Kier alpha value is -1.59. The van der Waals surface area contributed by atoms with Crippen molar-refractivity contribution in [2.75, 3.05) is 13.7 Å². The van der Waals surface area contributed by atoms with Gasteiger partial charge >= 0.3 is 0 Å². The second kappa shape index (κ2) is 5.81. The van der Waals surface area contributed by atoms with E-state index in [0.29, 0.717) is 22.5 Å². The van der Waals surface area contributed by atoms with Gasteiger partial charge in [0.25, 0.3) is 0 Å². The van der Waals surface area contributed by atoms with E-state index < -0.39 is 0 Å². The topological polar surface area (TPSA) is 60.2 Å². The maximum Gasteiger partial charge on any atom is 0.246 e. The van der Waals surface area contributed by atoms with Crippen LogP contribution in [0.3, 0.4) is 0 Å². The molecule has 5 nitrogen and oxygen atoms in total. The third-order valence-corrected chi connectivity index (χ3v) is 3.22. The highest BCUT2D eigenvalue weighted by Gasteiger charge is 2.27. The number of aromatic nitrogens is 2. The van der Waals surface area contributed by atoms with Crippen LogP contribution in [0.15, 0.2) is 22.7 Å². The quantitative estimate of drug-likeness (QED) is 0.917. The van der Waals surface area contributed by atoms with Crippen LogP contribution >= 0.6 is 11.6 Å². The molecule has 0 aliphatic rings. The Labute approximate surface area is 123 Å². The number of rotatable bonds is 5. The molecular weight excluding hydrogens is 278 g/mol. The van der Waals surface area contributed by atoms with Crippen molar-refractivity contribution in [3.05, 3.63) is 29.1 Å². The first-order chi connectivity index (χ1) is 9.47. The fraction of sp³-hybridized carbons (Fsp3) is 0.429. The monoisotopic (exact) mass is 295 g/mol. The lowest BCUT2D eigenvalue weighted by Crippen LogP contribution is -2.36. The fourth-order valence-corrected chi connectivity index (χ4v) is 2.12. The van der Waals surface area contributed by atoms with Crippen molar-refractivity contribution in [3.8, 4) is 17.1 Å². The van der Waals surface area contributed by atoms with Crippen LogP contribution in [-0.4, -0.2) is 23.8 Å². The summed E-state index contributed by atoms with van der Waals surface area (Å²) in [4.78, 5) is 4.45. The van der Waals surface area contributed by atoms with E-state index in [-0.39, 0.29) is 5.54 Å². The average Bonchev–Trinajstić information content (AvgIpc) is 2.88. The minimum Gasteiger partial charge on any atom is -0.496 e. The van der Waals surface area contributed by atoms with Gasteiger partial charge in [0.2, 0.25) is 11.7 Å². The molecule has 0 saturated carbocycles. The summed E-state index contributed by atoms with van der Waals surface area (Å²) in [5.74, 6) is 1.64. The summed E-state index contributed by atoms with van der Waals surface area (Å²) in [6, 6.07) is 5.31. The summed E-state index contributed by atoms with van der Waals surface area (Å²) < 4.78 is 10.7. The first-order valence-electron chi connectivity index (χ1n) is 6.41. The summed E-state index contributed by atoms with van der Waals surface area (Å²) in [6.07, 6.45) is 0. The lowest BCUT2D eigenvalue weighted by molar-refractivity contribution is 0.272. The predicted octanol–water partition coefficient (Wildman–Crippen LogP) is 3.24. The van der Waals surface area contributed by atoms with E-state index in [2.05, 4.69) is 15.5 Å². The molecule has 0 amide bonds. The third-order valence-electron chi connectivity index (χ3n) is 2.98. The highest BCUT2D eigenvalue weighted by Crippen LogP contribution is 2.31. The summed E-state index contributed by atoms with van der Waals surface area (Å²) in [5, 5.41) is 7.92. The van der Waals surface area contributed by atoms with Crippen molar-refractivity contribution in [3.63, 3.8) is 0 Å². The lowest BCUT2D eigenvalue weighted by Gasteiger charge is -2.20. The Morgan fingerprint density at radius 2 is 2.15 bits per heavy atom. The van der Waals surface area contributed by atoms with Crippen LogP contribution in [0.1, 0.15) is 26.7 Å². The molecule has 0 radical (unpaired) electrons. The Morgan fingerprint density at radius 1 is 1.40 bits per heavy atom. The maximum absolute atomic E-state index is 5.95. The first-order valence-corrected chi connectivity index (χ1v) is 6.79. The van der Waals surface area contributed by atoms with Crippen LogP contribution in [0.2, 0.25) is 5.02 Å². The Morgan fingerprint density at radius 3 is 2.80 bits per heavy atom. The van der Waals surface area contributed by atoms with E-state index >= 15 is 0 Å². The van der Waals surface area contributed by atoms with Gasteiger partial charge in [0, 0.05) is 5.02 Å². The van der Waals surface area contributed by atoms with E-state index in [1.807, 2.05) is 26.8 Å². The Kier molecular flexibility index (Phi) is 4.30. The predicted molar refractivity (Wildman–Crippen MR) is 78.0 cm³/mol. The van der Waals surface area contributed by atoms with Crippen molar-refractivity contribution in [1.82, 2.24) is 15.5 Å². The van der Waals surface area contributed by atoms with Gasteiger partial charge in [-0.2, -0.15) is 4.98 Å². The summed E-state index contributed by atoms with van der Waals surface area (Å²) >= 11 is 5.95. The zero-order valence-electron chi connectivity index (χ0n) is 12.0. The molecule has 1 aromatic heterocycles. The zero-order chi connectivity index (χ0) is 14.8. The number of hydrogen-bond acceptors (Lipinski definition) is 5. The molecule has 0 unspecified atom stereocenters. The molecule has 2 rings (SSSR count). The largest absolute Gasteiger partial charge is 0.496 e. The molecule has 0 spiro atoms. The molecule has 0 saturated heterocycles. The summed E-state index contributed by atoms with van der Waals surface area (Å²) in [5.41, 5.74) is 0.374. The normalized spacial score (nSPS) is 11.7. The Bertz CT molecular complexity index is 596. The molecule has 0 aliphatic heterocycles. The smallest absolute Gasteiger partial charge is 0.246 e. The molecule has 108 valence electrons. The van der Waals surface area contributed by atoms with Crippen LogP contribution in [0.4, 0.5) is 0 Å². The van der Waals surface area contributed by atoms with Crippen molar-refractivity contribution >= 4 is 11.6 Å². The SMILES string of the molecule is CCNC(C)(C)c1nc(-c2ccc(Cl)cc2OC)no1. The molecule has 1 N–H and O–H groups in total. The van der Waals surface area contributed by atoms with Gasteiger partial charge in [0.05, 0.1) is 18.2 Å². The van der Waals surface area contributed by atoms with Crippen LogP contribution in [-0.2, 0) is 5.54 Å². The number of nitrogens with one attached hydrogen (secondary N) is 1. The van der Waals surface area contributed by atoms with Gasteiger partial charge in [-0.25, -0.2) is 0 Å². The lowest BCUT2D eigenvalue weighted by atomic mass is 10.1. The van der Waals surface area contributed by atoms with E-state index in [9.17, 15) is 0 Å². The molecule has 0 bridgehead atoms. The molecule has 0 fully saturated rings. The van der Waals surface area contributed by atoms with Gasteiger partial charge in [-0.05, 0) is 38.6 Å². The van der Waals surface area contributed by atoms with Gasteiger partial charge in [-0.1, -0.05) is 23.7 Å². The van der Waals surface area contributed by atoms with Crippen molar-refractivity contribution in [1.29, 1.82) is 0 Å². The average molecular weight is 296 g/mol. The highest BCUT2D eigenvalue weighted by molar-refractivity contribution is 6.30. The molecule has 0 atom stereocenters. The standard InChI is InChI=1S/C14H18ClN3O2/c1-5-16-14(2,3)13-17-12(18-20-13)10-7-6-9(15)8-11(10)19-4/h6-8,16H,5H2,1-4H3. The van der Waals surface area contributed by atoms with Crippen LogP contribution < -0.4 is 10.1 Å². The second-order valence-electron chi connectivity index (χ2n) is 4.92. The maximum atomic E-state index is 5.95. The second-order valence-corrected chi connectivity index (χ2v) is 5.36. The molecule has 1 aromatic carbocycles. The van der Waals surface area contributed by atoms with Crippen molar-refractivity contribution in [2.24, 2.45) is 0 Å². The number of methoxy groups -OCH3 is 1. The minimum absolute atomic E-state index is 0.375. The highest BCUT2D eigenvalue weighted by atomic mass is 35.5. The molecule has 20 heavy (non-hydrogen) atoms. The van der Waals surface area contributed by atoms with Gasteiger partial charge in [-0.3, -0.25) is 0 Å². The number of ether oxygens (including phenoxy) is 1. The number of hydrogen-bond donors (Lipinski definition) is 1. The third kappa shape index (κ3) is 2.94. The minimum atomic E-state index is -0.375. The first kappa shape index (κ1) is 14.8. The summed E-state index contributed by atoms with van der Waals surface area (Å²) in [6.45, 7) is 6.83. The van der Waals surface area contributed by atoms with Gasteiger partial charge in [0.15, 0.2) is 0 Å². The molecular formula is C14H18ClN3O2. The number of benzene rings is 1. The van der Waals surface area contributed by atoms with Gasteiger partial charge < -0.3 is 14.6 Å². The number of nitrogens with zero attached hydrogens (tertiary/aromatic N) is 2. The number of halogens is 1. The fourth-order valence-electron chi connectivity index (χ4n) is 1.95. The van der Waals surface area contributed by atoms with Crippen LogP contribution in [0, 0.1) is 0 Å². The summed E-state index contributed by atoms with van der Waals surface area (Å²) in [7, 11) is 1.58. The van der Waals surface area contributed by atoms with Crippen LogP contribution in [0.5, 0.6) is 5.75 Å².